The zero-order valence-electron chi connectivity index (χ0n) is 12.5. The molecule has 102 valence electrons. The van der Waals surface area contributed by atoms with Gasteiger partial charge < -0.3 is 5.32 Å². The van der Waals surface area contributed by atoms with Crippen LogP contribution in [0.4, 0.5) is 0 Å². The Morgan fingerprint density at radius 2 is 1.67 bits per heavy atom. The summed E-state index contributed by atoms with van der Waals surface area (Å²) in [6.07, 6.45) is 4.85. The Balaban J connectivity index is 2.70. The number of aryl methyl sites for hydroxylation is 1. The second-order valence-corrected chi connectivity index (χ2v) is 5.23. The van der Waals surface area contributed by atoms with Crippen molar-refractivity contribution in [3.63, 3.8) is 0 Å². The molecule has 0 saturated carbocycles. The summed E-state index contributed by atoms with van der Waals surface area (Å²) in [4.78, 5) is 0. The molecule has 0 aliphatic rings. The van der Waals surface area contributed by atoms with Crippen LogP contribution in [-0.2, 0) is 6.42 Å². The van der Waals surface area contributed by atoms with Gasteiger partial charge in [-0.05, 0) is 42.9 Å². The largest absolute Gasteiger partial charge is 0.313 e. The number of benzene rings is 1. The van der Waals surface area contributed by atoms with Crippen molar-refractivity contribution in [2.24, 2.45) is 0 Å². The highest BCUT2D eigenvalue weighted by atomic mass is 14.9. The van der Waals surface area contributed by atoms with Gasteiger partial charge in [0.2, 0.25) is 0 Å². The van der Waals surface area contributed by atoms with Crippen LogP contribution in [0.3, 0.4) is 0 Å². The second-order valence-electron chi connectivity index (χ2n) is 5.23. The Morgan fingerprint density at radius 3 is 2.17 bits per heavy atom. The van der Waals surface area contributed by atoms with Gasteiger partial charge in [0.15, 0.2) is 0 Å². The Bertz CT molecular complexity index is 315. The molecule has 18 heavy (non-hydrogen) atoms. The highest BCUT2D eigenvalue weighted by molar-refractivity contribution is 5.26. The van der Waals surface area contributed by atoms with Gasteiger partial charge in [-0.15, -0.1) is 0 Å². The molecule has 1 aromatic rings. The molecule has 1 aromatic carbocycles. The molecule has 1 nitrogen and oxygen atoms in total. The molecule has 0 bridgehead atoms. The fraction of sp³-hybridized carbons (Fsp3) is 0.647. The molecule has 0 heterocycles. The van der Waals surface area contributed by atoms with E-state index in [4.69, 9.17) is 0 Å². The predicted octanol–water partition coefficient (Wildman–Crippen LogP) is 4.52. The Labute approximate surface area is 113 Å². The lowest BCUT2D eigenvalue weighted by Gasteiger charge is -2.25. The lowest BCUT2D eigenvalue weighted by Crippen LogP contribution is -2.34. The number of rotatable bonds is 8. The standard InChI is InChI=1S/C17H29N/c1-5-8-17(18-13-6-2)14(4)16-11-9-15(7-3)10-12-16/h9-12,14,17-18H,5-8,13H2,1-4H3. The van der Waals surface area contributed by atoms with Crippen molar-refractivity contribution in [1.82, 2.24) is 5.32 Å². The van der Waals surface area contributed by atoms with Crippen molar-refractivity contribution in [3.05, 3.63) is 35.4 Å². The van der Waals surface area contributed by atoms with E-state index in [9.17, 15) is 0 Å². The average molecular weight is 247 g/mol. The minimum absolute atomic E-state index is 0.599. The Kier molecular flexibility index (Phi) is 7.04. The quantitative estimate of drug-likeness (QED) is 0.712. The monoisotopic (exact) mass is 247 g/mol. The van der Waals surface area contributed by atoms with Crippen LogP contribution in [0.2, 0.25) is 0 Å². The van der Waals surface area contributed by atoms with Gasteiger partial charge in [-0.2, -0.15) is 0 Å². The summed E-state index contributed by atoms with van der Waals surface area (Å²) in [5.41, 5.74) is 2.90. The first-order valence-corrected chi connectivity index (χ1v) is 7.55. The molecular weight excluding hydrogens is 218 g/mol. The maximum atomic E-state index is 3.70. The Hall–Kier alpha value is -0.820. The van der Waals surface area contributed by atoms with Gasteiger partial charge in [0.25, 0.3) is 0 Å². The number of hydrogen-bond donors (Lipinski definition) is 1. The SMILES string of the molecule is CCCNC(CCC)C(C)c1ccc(CC)cc1. The lowest BCUT2D eigenvalue weighted by molar-refractivity contribution is 0.420. The summed E-state index contributed by atoms with van der Waals surface area (Å²) in [6, 6.07) is 9.77. The van der Waals surface area contributed by atoms with Crippen molar-refractivity contribution in [2.75, 3.05) is 6.54 Å². The van der Waals surface area contributed by atoms with Gasteiger partial charge in [0.1, 0.15) is 0 Å². The van der Waals surface area contributed by atoms with Crippen molar-refractivity contribution < 1.29 is 0 Å². The molecule has 2 atom stereocenters. The van der Waals surface area contributed by atoms with E-state index < -0.39 is 0 Å². The lowest BCUT2D eigenvalue weighted by atomic mass is 9.90. The van der Waals surface area contributed by atoms with E-state index in [2.05, 4.69) is 57.3 Å². The van der Waals surface area contributed by atoms with Gasteiger partial charge in [0.05, 0.1) is 0 Å². The molecule has 0 radical (unpaired) electrons. The molecule has 0 aromatic heterocycles. The molecule has 0 saturated heterocycles. The summed E-state index contributed by atoms with van der Waals surface area (Å²) < 4.78 is 0. The average Bonchev–Trinajstić information content (AvgIpc) is 2.43. The molecule has 0 fully saturated rings. The molecular formula is C17H29N. The first-order valence-electron chi connectivity index (χ1n) is 7.55. The fourth-order valence-corrected chi connectivity index (χ4v) is 2.46. The van der Waals surface area contributed by atoms with E-state index in [0.29, 0.717) is 12.0 Å². The highest BCUT2D eigenvalue weighted by Gasteiger charge is 2.17. The highest BCUT2D eigenvalue weighted by Crippen LogP contribution is 2.22. The van der Waals surface area contributed by atoms with Crippen molar-refractivity contribution in [3.8, 4) is 0 Å². The summed E-state index contributed by atoms with van der Waals surface area (Å²) in [5.74, 6) is 0.599. The molecule has 0 aliphatic heterocycles. The Morgan fingerprint density at radius 1 is 1.00 bits per heavy atom. The summed E-state index contributed by atoms with van der Waals surface area (Å²) >= 11 is 0. The minimum Gasteiger partial charge on any atom is -0.313 e. The van der Waals surface area contributed by atoms with Gasteiger partial charge in [0, 0.05) is 6.04 Å². The third-order valence-corrected chi connectivity index (χ3v) is 3.77. The fourth-order valence-electron chi connectivity index (χ4n) is 2.46. The summed E-state index contributed by atoms with van der Waals surface area (Å²) in [6.45, 7) is 10.2. The van der Waals surface area contributed by atoms with E-state index in [1.165, 1.54) is 30.4 Å². The third kappa shape index (κ3) is 4.45. The third-order valence-electron chi connectivity index (χ3n) is 3.77. The molecule has 1 rings (SSSR count). The van der Waals surface area contributed by atoms with Crippen LogP contribution >= 0.6 is 0 Å². The van der Waals surface area contributed by atoms with Crippen molar-refractivity contribution in [1.29, 1.82) is 0 Å². The van der Waals surface area contributed by atoms with E-state index in [1.807, 2.05) is 0 Å². The van der Waals surface area contributed by atoms with Crippen LogP contribution in [0.15, 0.2) is 24.3 Å². The van der Waals surface area contributed by atoms with Crippen LogP contribution < -0.4 is 5.32 Å². The molecule has 0 spiro atoms. The normalized spacial score (nSPS) is 14.4. The second kappa shape index (κ2) is 8.31. The van der Waals surface area contributed by atoms with E-state index in [1.54, 1.807) is 0 Å². The molecule has 0 amide bonds. The minimum atomic E-state index is 0.599. The van der Waals surface area contributed by atoms with E-state index in [0.717, 1.165) is 13.0 Å². The topological polar surface area (TPSA) is 12.0 Å². The van der Waals surface area contributed by atoms with Gasteiger partial charge in [-0.25, -0.2) is 0 Å². The molecule has 2 unspecified atom stereocenters. The van der Waals surface area contributed by atoms with Crippen molar-refractivity contribution in [2.45, 2.75) is 65.3 Å². The summed E-state index contributed by atoms with van der Waals surface area (Å²) in [5, 5.41) is 3.70. The van der Waals surface area contributed by atoms with Crippen LogP contribution in [0.25, 0.3) is 0 Å². The van der Waals surface area contributed by atoms with Gasteiger partial charge in [-0.3, -0.25) is 0 Å². The maximum Gasteiger partial charge on any atom is 0.0133 e. The van der Waals surface area contributed by atoms with Crippen LogP contribution in [0.1, 0.15) is 64.0 Å². The van der Waals surface area contributed by atoms with Crippen LogP contribution in [0, 0.1) is 0 Å². The van der Waals surface area contributed by atoms with Gasteiger partial charge >= 0.3 is 0 Å². The first kappa shape index (κ1) is 15.2. The first-order chi connectivity index (χ1) is 8.72. The predicted molar refractivity (Wildman–Crippen MR) is 81.2 cm³/mol. The smallest absolute Gasteiger partial charge is 0.0133 e. The van der Waals surface area contributed by atoms with E-state index in [-0.39, 0.29) is 0 Å². The van der Waals surface area contributed by atoms with Gasteiger partial charge in [-0.1, -0.05) is 58.4 Å². The molecule has 1 N–H and O–H groups in total. The van der Waals surface area contributed by atoms with E-state index >= 15 is 0 Å². The zero-order valence-corrected chi connectivity index (χ0v) is 12.5. The number of hydrogen-bond acceptors (Lipinski definition) is 1. The van der Waals surface area contributed by atoms with Crippen LogP contribution in [-0.4, -0.2) is 12.6 Å². The van der Waals surface area contributed by atoms with Crippen LogP contribution in [0.5, 0.6) is 0 Å². The number of nitrogens with one attached hydrogen (secondary N) is 1. The zero-order chi connectivity index (χ0) is 13.4. The molecule has 0 aliphatic carbocycles. The van der Waals surface area contributed by atoms with Crippen molar-refractivity contribution >= 4 is 0 Å². The molecule has 1 heteroatoms. The maximum absolute atomic E-state index is 3.70. The summed E-state index contributed by atoms with van der Waals surface area (Å²) in [7, 11) is 0.